The van der Waals surface area contributed by atoms with Crippen molar-refractivity contribution in [2.24, 2.45) is 5.92 Å². The van der Waals surface area contributed by atoms with Gasteiger partial charge in [-0.1, -0.05) is 0 Å². The Balaban J connectivity index is 0.00000180. The van der Waals surface area contributed by atoms with Gasteiger partial charge in [0, 0.05) is 31.4 Å². The summed E-state index contributed by atoms with van der Waals surface area (Å²) in [6.07, 6.45) is -0.544. The molecule has 1 saturated heterocycles. The quantitative estimate of drug-likeness (QED) is 0.786. The molecule has 0 atom stereocenters. The van der Waals surface area contributed by atoms with Gasteiger partial charge in [-0.05, 0) is 12.8 Å². The Bertz CT molecular complexity index is 416. The highest BCUT2D eigenvalue weighted by Crippen LogP contribution is 2.28. The fraction of sp³-hybridized carbons (Fsp3) is 0.545. The Labute approximate surface area is 114 Å². The van der Waals surface area contributed by atoms with Crippen molar-refractivity contribution < 1.29 is 18.0 Å². The first-order valence-electron chi connectivity index (χ1n) is 5.60. The summed E-state index contributed by atoms with van der Waals surface area (Å²) in [5.74, 6) is 0.322. The Morgan fingerprint density at radius 2 is 1.74 bits per heavy atom. The predicted molar refractivity (Wildman–Crippen MR) is 65.3 cm³/mol. The van der Waals surface area contributed by atoms with Crippen molar-refractivity contribution in [2.75, 3.05) is 18.0 Å². The summed E-state index contributed by atoms with van der Waals surface area (Å²) < 4.78 is 37.0. The average molecular weight is 296 g/mol. The average Bonchev–Trinajstić information content (AvgIpc) is 2.38. The molecule has 0 aliphatic carbocycles. The molecule has 1 aromatic heterocycles. The lowest BCUT2D eigenvalue weighted by Gasteiger charge is -2.29. The Morgan fingerprint density at radius 3 is 2.16 bits per heavy atom. The lowest BCUT2D eigenvalue weighted by molar-refractivity contribution is -0.138. The number of rotatable bonds is 2. The molecule has 8 heteroatoms. The Morgan fingerprint density at radius 1 is 1.21 bits per heavy atom. The van der Waals surface area contributed by atoms with Gasteiger partial charge in [0.05, 0.1) is 5.56 Å². The lowest BCUT2D eigenvalue weighted by Crippen LogP contribution is -2.35. The third kappa shape index (κ3) is 3.79. The van der Waals surface area contributed by atoms with Crippen LogP contribution in [0.5, 0.6) is 0 Å². The number of hydrogen-bond acceptors (Lipinski definition) is 4. The lowest BCUT2D eigenvalue weighted by atomic mass is 9.99. The first-order chi connectivity index (χ1) is 8.50. The zero-order valence-corrected chi connectivity index (χ0v) is 10.7. The highest BCUT2D eigenvalue weighted by atomic mass is 35.5. The van der Waals surface area contributed by atoms with Crippen LogP contribution in [0.3, 0.4) is 0 Å². The number of halogens is 4. The van der Waals surface area contributed by atoms with E-state index in [0.717, 1.165) is 18.7 Å². The van der Waals surface area contributed by atoms with Crippen LogP contribution in [0.1, 0.15) is 18.4 Å². The van der Waals surface area contributed by atoms with Crippen LogP contribution in [-0.4, -0.2) is 29.3 Å². The van der Waals surface area contributed by atoms with Gasteiger partial charge in [-0.25, -0.2) is 9.97 Å². The molecule has 2 heterocycles. The molecule has 1 aliphatic heterocycles. The number of hydrogen-bond donors (Lipinski definition) is 0. The van der Waals surface area contributed by atoms with E-state index < -0.39 is 11.7 Å². The van der Waals surface area contributed by atoms with Crippen LogP contribution in [0.15, 0.2) is 12.4 Å². The molecule has 0 aromatic carbocycles. The molecule has 0 bridgehead atoms. The minimum Gasteiger partial charge on any atom is -0.341 e. The van der Waals surface area contributed by atoms with Crippen LogP contribution in [0.25, 0.3) is 0 Å². The number of carbonyl (C=O) groups is 1. The minimum absolute atomic E-state index is 0. The molecule has 4 nitrogen and oxygen atoms in total. The highest BCUT2D eigenvalue weighted by Gasteiger charge is 2.31. The van der Waals surface area contributed by atoms with E-state index in [1.807, 2.05) is 0 Å². The molecule has 1 aliphatic rings. The highest BCUT2D eigenvalue weighted by molar-refractivity contribution is 5.85. The summed E-state index contributed by atoms with van der Waals surface area (Å²) in [5, 5.41) is 0. The van der Waals surface area contributed by atoms with Crippen LogP contribution in [0, 0.1) is 5.92 Å². The number of carbonyl (C=O) groups excluding carboxylic acids is 1. The van der Waals surface area contributed by atoms with Gasteiger partial charge in [-0.2, -0.15) is 13.2 Å². The maximum absolute atomic E-state index is 12.3. The summed E-state index contributed by atoms with van der Waals surface area (Å²) in [6.45, 7) is 1.18. The monoisotopic (exact) mass is 295 g/mol. The molecular weight excluding hydrogens is 283 g/mol. The smallest absolute Gasteiger partial charge is 0.341 e. The number of anilines is 1. The van der Waals surface area contributed by atoms with Crippen molar-refractivity contribution >= 4 is 24.6 Å². The number of alkyl halides is 3. The van der Waals surface area contributed by atoms with E-state index >= 15 is 0 Å². The van der Waals surface area contributed by atoms with E-state index in [9.17, 15) is 18.0 Å². The first kappa shape index (κ1) is 15.7. The zero-order chi connectivity index (χ0) is 13.2. The third-order valence-electron chi connectivity index (χ3n) is 2.98. The molecule has 106 valence electrons. The molecule has 0 unspecified atom stereocenters. The number of nitrogens with zero attached hydrogens (tertiary/aromatic N) is 3. The van der Waals surface area contributed by atoms with Crippen molar-refractivity contribution in [3.05, 3.63) is 18.0 Å². The summed E-state index contributed by atoms with van der Waals surface area (Å²) >= 11 is 0. The van der Waals surface area contributed by atoms with Gasteiger partial charge >= 0.3 is 6.18 Å². The second kappa shape index (κ2) is 6.18. The van der Waals surface area contributed by atoms with E-state index in [-0.39, 0.29) is 24.3 Å². The first-order valence-corrected chi connectivity index (χ1v) is 5.60. The standard InChI is InChI=1S/C11H12F3N3O.ClH/c12-11(13,14)9-5-15-10(16-6-9)17-3-1-8(7-18)2-4-17;/h5-8H,1-4H2;1H. The van der Waals surface area contributed by atoms with Crippen molar-refractivity contribution in [1.29, 1.82) is 0 Å². The molecule has 2 rings (SSSR count). The van der Waals surface area contributed by atoms with Gasteiger partial charge < -0.3 is 9.69 Å². The summed E-state index contributed by atoms with van der Waals surface area (Å²) in [4.78, 5) is 19.8. The molecule has 0 amide bonds. The number of aldehydes is 1. The third-order valence-corrected chi connectivity index (χ3v) is 2.98. The van der Waals surface area contributed by atoms with Gasteiger partial charge in [0.15, 0.2) is 0 Å². The topological polar surface area (TPSA) is 46.1 Å². The van der Waals surface area contributed by atoms with Gasteiger partial charge in [0.1, 0.15) is 6.29 Å². The predicted octanol–water partition coefficient (Wildman–Crippen LogP) is 2.33. The SMILES string of the molecule is Cl.O=CC1CCN(c2ncc(C(F)(F)F)cn2)CC1. The van der Waals surface area contributed by atoms with Crippen molar-refractivity contribution in [1.82, 2.24) is 9.97 Å². The fourth-order valence-corrected chi connectivity index (χ4v) is 1.87. The zero-order valence-electron chi connectivity index (χ0n) is 9.93. The van der Waals surface area contributed by atoms with Crippen LogP contribution in [0.2, 0.25) is 0 Å². The van der Waals surface area contributed by atoms with E-state index in [1.54, 1.807) is 4.90 Å². The number of piperidine rings is 1. The second-order valence-corrected chi connectivity index (χ2v) is 4.23. The van der Waals surface area contributed by atoms with Gasteiger partial charge in [-0.3, -0.25) is 0 Å². The number of aromatic nitrogens is 2. The molecule has 19 heavy (non-hydrogen) atoms. The largest absolute Gasteiger partial charge is 0.419 e. The second-order valence-electron chi connectivity index (χ2n) is 4.23. The molecule has 0 N–H and O–H groups in total. The summed E-state index contributed by atoms with van der Waals surface area (Å²) in [7, 11) is 0. The van der Waals surface area contributed by atoms with Gasteiger partial charge in [-0.15, -0.1) is 12.4 Å². The Hall–Kier alpha value is -1.37. The van der Waals surface area contributed by atoms with Crippen LogP contribution >= 0.6 is 12.4 Å². The summed E-state index contributed by atoms with van der Waals surface area (Å²) in [6, 6.07) is 0. The van der Waals surface area contributed by atoms with Crippen LogP contribution < -0.4 is 4.90 Å². The van der Waals surface area contributed by atoms with E-state index in [0.29, 0.717) is 25.9 Å². The minimum atomic E-state index is -4.41. The maximum Gasteiger partial charge on any atom is 0.419 e. The molecule has 0 radical (unpaired) electrons. The van der Waals surface area contributed by atoms with E-state index in [2.05, 4.69) is 9.97 Å². The van der Waals surface area contributed by atoms with E-state index in [1.165, 1.54) is 0 Å². The van der Waals surface area contributed by atoms with Crippen molar-refractivity contribution in [3.8, 4) is 0 Å². The van der Waals surface area contributed by atoms with Crippen molar-refractivity contribution in [3.63, 3.8) is 0 Å². The fourth-order valence-electron chi connectivity index (χ4n) is 1.87. The van der Waals surface area contributed by atoms with Gasteiger partial charge in [0.25, 0.3) is 0 Å². The van der Waals surface area contributed by atoms with Crippen LogP contribution in [-0.2, 0) is 11.0 Å². The molecular formula is C11H13ClF3N3O. The normalized spacial score (nSPS) is 16.9. The maximum atomic E-state index is 12.3. The molecule has 0 spiro atoms. The molecule has 1 fully saturated rings. The van der Waals surface area contributed by atoms with Gasteiger partial charge in [0.2, 0.25) is 5.95 Å². The Kier molecular flexibility index (Phi) is 5.11. The van der Waals surface area contributed by atoms with Crippen molar-refractivity contribution in [2.45, 2.75) is 19.0 Å². The summed E-state index contributed by atoms with van der Waals surface area (Å²) in [5.41, 5.74) is -0.853. The van der Waals surface area contributed by atoms with Crippen LogP contribution in [0.4, 0.5) is 19.1 Å². The van der Waals surface area contributed by atoms with E-state index in [4.69, 9.17) is 0 Å². The molecule has 0 saturated carbocycles. The molecule has 1 aromatic rings.